The van der Waals surface area contributed by atoms with Gasteiger partial charge < -0.3 is 18.8 Å². The van der Waals surface area contributed by atoms with E-state index < -0.39 is 0 Å². The summed E-state index contributed by atoms with van der Waals surface area (Å²) in [5, 5.41) is 3.27. The molecule has 1 aromatic heterocycles. The Morgan fingerprint density at radius 2 is 1.76 bits per heavy atom. The van der Waals surface area contributed by atoms with Crippen LogP contribution in [0, 0.1) is 0 Å². The van der Waals surface area contributed by atoms with Crippen LogP contribution in [0.4, 0.5) is 0 Å². The highest BCUT2D eigenvalue weighted by Crippen LogP contribution is 2.30. The highest BCUT2D eigenvalue weighted by Gasteiger charge is 2.18. The average Bonchev–Trinajstić information content (AvgIpc) is 3.05. The van der Waals surface area contributed by atoms with E-state index in [4.69, 9.17) is 13.9 Å². The maximum absolute atomic E-state index is 12.8. The van der Waals surface area contributed by atoms with E-state index >= 15 is 0 Å². The summed E-state index contributed by atoms with van der Waals surface area (Å²) in [7, 11) is 3.27. The van der Waals surface area contributed by atoms with Crippen molar-refractivity contribution in [3.05, 3.63) is 48.2 Å². The number of furan rings is 1. The number of benzene rings is 2. The van der Waals surface area contributed by atoms with Crippen LogP contribution in [0.15, 0.2) is 47.1 Å². The SMILES string of the molecule is COCCN(CCOC)C(=O)Cc1coc2ccc3ccccc3c12. The third kappa shape index (κ3) is 3.83. The zero-order valence-electron chi connectivity index (χ0n) is 14.7. The van der Waals surface area contributed by atoms with Crippen LogP contribution in [0.25, 0.3) is 21.7 Å². The molecule has 0 radical (unpaired) electrons. The van der Waals surface area contributed by atoms with Gasteiger partial charge in [-0.1, -0.05) is 30.3 Å². The van der Waals surface area contributed by atoms with Gasteiger partial charge in [0, 0.05) is 38.3 Å². The lowest BCUT2D eigenvalue weighted by Gasteiger charge is -2.22. The monoisotopic (exact) mass is 341 g/mol. The zero-order valence-corrected chi connectivity index (χ0v) is 14.7. The van der Waals surface area contributed by atoms with E-state index in [1.54, 1.807) is 25.4 Å². The van der Waals surface area contributed by atoms with Crippen LogP contribution < -0.4 is 0 Å². The molecule has 5 heteroatoms. The molecule has 0 atom stereocenters. The first-order chi connectivity index (χ1) is 12.2. The van der Waals surface area contributed by atoms with Crippen molar-refractivity contribution in [2.24, 2.45) is 0 Å². The summed E-state index contributed by atoms with van der Waals surface area (Å²) in [6.45, 7) is 2.11. The minimum atomic E-state index is 0.0461. The zero-order chi connectivity index (χ0) is 17.6. The maximum atomic E-state index is 12.8. The second-order valence-corrected chi connectivity index (χ2v) is 5.96. The molecule has 5 nitrogen and oxygen atoms in total. The number of ether oxygens (including phenoxy) is 2. The van der Waals surface area contributed by atoms with Gasteiger partial charge in [-0.15, -0.1) is 0 Å². The van der Waals surface area contributed by atoms with Gasteiger partial charge >= 0.3 is 0 Å². The molecule has 0 bridgehead atoms. The van der Waals surface area contributed by atoms with Crippen molar-refractivity contribution < 1.29 is 18.7 Å². The molecule has 0 fully saturated rings. The van der Waals surface area contributed by atoms with E-state index in [2.05, 4.69) is 12.1 Å². The third-order valence-electron chi connectivity index (χ3n) is 4.37. The van der Waals surface area contributed by atoms with Crippen LogP contribution in [0.5, 0.6) is 0 Å². The fraction of sp³-hybridized carbons (Fsp3) is 0.350. The lowest BCUT2D eigenvalue weighted by molar-refractivity contribution is -0.131. The van der Waals surface area contributed by atoms with Crippen molar-refractivity contribution in [1.29, 1.82) is 0 Å². The second kappa shape index (κ2) is 8.14. The van der Waals surface area contributed by atoms with Crippen LogP contribution in [-0.4, -0.2) is 51.3 Å². The van der Waals surface area contributed by atoms with E-state index in [1.807, 2.05) is 24.3 Å². The Kier molecular flexibility index (Phi) is 5.68. The molecule has 1 heterocycles. The smallest absolute Gasteiger partial charge is 0.227 e. The third-order valence-corrected chi connectivity index (χ3v) is 4.37. The molecule has 25 heavy (non-hydrogen) atoms. The van der Waals surface area contributed by atoms with E-state index in [0.717, 1.165) is 27.3 Å². The van der Waals surface area contributed by atoms with Crippen LogP contribution in [0.3, 0.4) is 0 Å². The molecule has 0 saturated heterocycles. The first-order valence-corrected chi connectivity index (χ1v) is 8.38. The fourth-order valence-corrected chi connectivity index (χ4v) is 3.04. The number of hydrogen-bond donors (Lipinski definition) is 0. The average molecular weight is 341 g/mol. The van der Waals surface area contributed by atoms with Gasteiger partial charge in [-0.05, 0) is 16.8 Å². The minimum Gasteiger partial charge on any atom is -0.464 e. The molecule has 0 aliphatic heterocycles. The molecule has 2 aromatic carbocycles. The number of amides is 1. The molecular weight excluding hydrogens is 318 g/mol. The van der Waals surface area contributed by atoms with Crippen molar-refractivity contribution in [3.63, 3.8) is 0 Å². The number of nitrogens with zero attached hydrogens (tertiary/aromatic N) is 1. The van der Waals surface area contributed by atoms with Crippen molar-refractivity contribution in [2.75, 3.05) is 40.5 Å². The Morgan fingerprint density at radius 1 is 1.04 bits per heavy atom. The van der Waals surface area contributed by atoms with E-state index in [1.165, 1.54) is 0 Å². The summed E-state index contributed by atoms with van der Waals surface area (Å²) in [6.07, 6.45) is 1.99. The van der Waals surface area contributed by atoms with E-state index in [-0.39, 0.29) is 5.91 Å². The molecule has 0 unspecified atom stereocenters. The molecular formula is C20H23NO4. The molecule has 1 amide bonds. The summed E-state index contributed by atoms with van der Waals surface area (Å²) >= 11 is 0. The number of rotatable bonds is 8. The van der Waals surface area contributed by atoms with E-state index in [0.29, 0.717) is 32.7 Å². The summed E-state index contributed by atoms with van der Waals surface area (Å²) in [6, 6.07) is 12.1. The molecule has 0 saturated carbocycles. The van der Waals surface area contributed by atoms with Gasteiger partial charge in [0.15, 0.2) is 0 Å². The molecule has 0 aliphatic rings. The van der Waals surface area contributed by atoms with Gasteiger partial charge in [-0.25, -0.2) is 0 Å². The molecule has 3 rings (SSSR count). The van der Waals surface area contributed by atoms with Crippen LogP contribution in [0.2, 0.25) is 0 Å². The van der Waals surface area contributed by atoms with Gasteiger partial charge in [0.2, 0.25) is 5.91 Å². The van der Waals surface area contributed by atoms with Crippen LogP contribution in [0.1, 0.15) is 5.56 Å². The Bertz CT molecular complexity index is 847. The van der Waals surface area contributed by atoms with Gasteiger partial charge in [-0.3, -0.25) is 4.79 Å². The Labute approximate surface area is 147 Å². The van der Waals surface area contributed by atoms with Crippen molar-refractivity contribution in [1.82, 2.24) is 4.90 Å². The second-order valence-electron chi connectivity index (χ2n) is 5.96. The largest absolute Gasteiger partial charge is 0.464 e. The summed E-state index contributed by atoms with van der Waals surface area (Å²) in [4.78, 5) is 14.6. The highest BCUT2D eigenvalue weighted by molar-refractivity contribution is 6.08. The minimum absolute atomic E-state index is 0.0461. The lowest BCUT2D eigenvalue weighted by Crippen LogP contribution is -2.37. The van der Waals surface area contributed by atoms with Crippen LogP contribution >= 0.6 is 0 Å². The normalized spacial score (nSPS) is 11.3. The van der Waals surface area contributed by atoms with Gasteiger partial charge in [0.05, 0.1) is 25.9 Å². The van der Waals surface area contributed by atoms with Crippen LogP contribution in [-0.2, 0) is 20.7 Å². The summed E-state index contributed by atoms with van der Waals surface area (Å²) in [5.74, 6) is 0.0461. The molecule has 132 valence electrons. The summed E-state index contributed by atoms with van der Waals surface area (Å²) < 4.78 is 15.9. The van der Waals surface area contributed by atoms with Crippen molar-refractivity contribution >= 4 is 27.6 Å². The number of carbonyl (C=O) groups excluding carboxylic acids is 1. The maximum Gasteiger partial charge on any atom is 0.227 e. The molecule has 0 aliphatic carbocycles. The topological polar surface area (TPSA) is 51.9 Å². The van der Waals surface area contributed by atoms with Crippen molar-refractivity contribution in [2.45, 2.75) is 6.42 Å². The molecule has 3 aromatic rings. The van der Waals surface area contributed by atoms with E-state index in [9.17, 15) is 4.79 Å². The molecule has 0 N–H and O–H groups in total. The predicted octanol–water partition coefficient (Wildman–Crippen LogP) is 3.25. The summed E-state index contributed by atoms with van der Waals surface area (Å²) in [5.41, 5.74) is 1.72. The molecule has 0 spiro atoms. The Balaban J connectivity index is 1.88. The first kappa shape index (κ1) is 17.5. The predicted molar refractivity (Wildman–Crippen MR) is 97.8 cm³/mol. The fourth-order valence-electron chi connectivity index (χ4n) is 3.04. The Morgan fingerprint density at radius 3 is 2.48 bits per heavy atom. The standard InChI is InChI=1S/C20H23NO4/c1-23-11-9-21(10-12-24-2)19(22)13-16-14-25-18-8-7-15-5-3-4-6-17(15)20(16)18/h3-8,14H,9-13H2,1-2H3. The first-order valence-electron chi connectivity index (χ1n) is 8.38. The van der Waals surface area contributed by atoms with Gasteiger partial charge in [0.1, 0.15) is 5.58 Å². The quantitative estimate of drug-likeness (QED) is 0.631. The lowest BCUT2D eigenvalue weighted by atomic mass is 10.0. The number of fused-ring (bicyclic) bond motifs is 3. The highest BCUT2D eigenvalue weighted by atomic mass is 16.5. The number of methoxy groups -OCH3 is 2. The number of hydrogen-bond acceptors (Lipinski definition) is 4. The van der Waals surface area contributed by atoms with Gasteiger partial charge in [-0.2, -0.15) is 0 Å². The van der Waals surface area contributed by atoms with Crippen molar-refractivity contribution in [3.8, 4) is 0 Å². The van der Waals surface area contributed by atoms with Gasteiger partial charge in [0.25, 0.3) is 0 Å². The Hall–Kier alpha value is -2.37. The number of carbonyl (C=O) groups is 1.